The van der Waals surface area contributed by atoms with Crippen molar-refractivity contribution >= 4 is 33.9 Å². The molecule has 1 aromatic heterocycles. The van der Waals surface area contributed by atoms with Crippen LogP contribution in [0.15, 0.2) is 77.6 Å². The number of methoxy groups -OCH3 is 2. The van der Waals surface area contributed by atoms with Gasteiger partial charge in [-0.05, 0) is 84.2 Å². The molecule has 4 aromatic rings. The van der Waals surface area contributed by atoms with Crippen LogP contribution in [-0.2, 0) is 13.1 Å². The highest BCUT2D eigenvalue weighted by atomic mass is 32.1. The average molecular weight is 474 g/mol. The molecule has 3 aromatic carbocycles. The summed E-state index contributed by atoms with van der Waals surface area (Å²) in [4.78, 5) is 17.9. The second-order valence-corrected chi connectivity index (χ2v) is 8.46. The van der Waals surface area contributed by atoms with E-state index in [1.807, 2.05) is 84.6 Å². The summed E-state index contributed by atoms with van der Waals surface area (Å²) >= 11 is 5.77. The molecule has 0 bridgehead atoms. The molecule has 0 saturated heterocycles. The van der Waals surface area contributed by atoms with Crippen molar-refractivity contribution in [2.45, 2.75) is 20.0 Å². The molecule has 7 heteroatoms. The van der Waals surface area contributed by atoms with E-state index in [-0.39, 0.29) is 5.56 Å². The summed E-state index contributed by atoms with van der Waals surface area (Å²) in [5, 5.41) is 4.79. The summed E-state index contributed by atoms with van der Waals surface area (Å²) < 4.78 is 10.5. The molecule has 6 nitrogen and oxygen atoms in total. The van der Waals surface area contributed by atoms with Crippen LogP contribution in [0, 0.1) is 6.92 Å². The van der Waals surface area contributed by atoms with Gasteiger partial charge in [-0.2, -0.15) is 0 Å². The van der Waals surface area contributed by atoms with Gasteiger partial charge in [0.1, 0.15) is 11.5 Å². The lowest BCUT2D eigenvalue weighted by Gasteiger charge is -2.26. The predicted octanol–water partition coefficient (Wildman–Crippen LogP) is 5.25. The molecule has 4 rings (SSSR count). The average Bonchev–Trinajstić information content (AvgIpc) is 2.85. The van der Waals surface area contributed by atoms with Gasteiger partial charge in [-0.1, -0.05) is 24.3 Å². The SMILES string of the molecule is COc1ccc(CN(Cc2cc3ccc(C)cc3[nH]c2=O)C(=S)Nc2ccc(OC)cc2)cc1. The first-order chi connectivity index (χ1) is 16.4. The van der Waals surface area contributed by atoms with Crippen LogP contribution in [0.4, 0.5) is 5.69 Å². The van der Waals surface area contributed by atoms with Gasteiger partial charge in [0.15, 0.2) is 5.11 Å². The molecule has 0 aliphatic carbocycles. The molecule has 0 aliphatic rings. The van der Waals surface area contributed by atoms with E-state index in [2.05, 4.69) is 10.3 Å². The van der Waals surface area contributed by atoms with Crippen molar-refractivity contribution < 1.29 is 9.47 Å². The van der Waals surface area contributed by atoms with Crippen LogP contribution in [0.5, 0.6) is 11.5 Å². The molecular formula is C27H27N3O3S. The van der Waals surface area contributed by atoms with Crippen LogP contribution in [0.2, 0.25) is 0 Å². The Kier molecular flexibility index (Phi) is 7.13. The minimum atomic E-state index is -0.120. The largest absolute Gasteiger partial charge is 0.497 e. The van der Waals surface area contributed by atoms with E-state index < -0.39 is 0 Å². The van der Waals surface area contributed by atoms with Gasteiger partial charge < -0.3 is 24.7 Å². The number of H-pyrrole nitrogens is 1. The Hall–Kier alpha value is -3.84. The highest BCUT2D eigenvalue weighted by molar-refractivity contribution is 7.80. The lowest BCUT2D eigenvalue weighted by molar-refractivity contribution is 0.406. The van der Waals surface area contributed by atoms with Crippen LogP contribution >= 0.6 is 12.2 Å². The van der Waals surface area contributed by atoms with E-state index in [0.717, 1.165) is 39.2 Å². The molecule has 0 fully saturated rings. The molecule has 0 radical (unpaired) electrons. The molecule has 0 atom stereocenters. The highest BCUT2D eigenvalue weighted by Crippen LogP contribution is 2.19. The van der Waals surface area contributed by atoms with Crippen LogP contribution in [-0.4, -0.2) is 29.2 Å². The second kappa shape index (κ2) is 10.4. The summed E-state index contributed by atoms with van der Waals surface area (Å²) in [5.41, 5.74) is 4.34. The fourth-order valence-electron chi connectivity index (χ4n) is 3.71. The number of thiocarbonyl (C=S) groups is 1. The Balaban J connectivity index is 1.62. The van der Waals surface area contributed by atoms with Crippen molar-refractivity contribution in [3.8, 4) is 11.5 Å². The molecule has 2 N–H and O–H groups in total. The zero-order valence-corrected chi connectivity index (χ0v) is 20.2. The van der Waals surface area contributed by atoms with Crippen molar-refractivity contribution in [3.05, 3.63) is 99.8 Å². The first kappa shape index (κ1) is 23.3. The molecule has 34 heavy (non-hydrogen) atoms. The van der Waals surface area contributed by atoms with Gasteiger partial charge in [0, 0.05) is 23.3 Å². The number of anilines is 1. The third-order valence-electron chi connectivity index (χ3n) is 5.60. The third kappa shape index (κ3) is 5.55. The van der Waals surface area contributed by atoms with Crippen LogP contribution in [0.1, 0.15) is 16.7 Å². The number of fused-ring (bicyclic) bond motifs is 1. The maximum atomic E-state index is 12.9. The summed E-state index contributed by atoms with van der Waals surface area (Å²) in [6.45, 7) is 2.88. The number of nitrogens with zero attached hydrogens (tertiary/aromatic N) is 1. The van der Waals surface area contributed by atoms with Crippen molar-refractivity contribution in [3.63, 3.8) is 0 Å². The Morgan fingerprint density at radius 2 is 1.56 bits per heavy atom. The monoisotopic (exact) mass is 473 g/mol. The Morgan fingerprint density at radius 1 is 0.912 bits per heavy atom. The summed E-state index contributed by atoms with van der Waals surface area (Å²) in [5.74, 6) is 1.56. The van der Waals surface area contributed by atoms with E-state index in [9.17, 15) is 4.79 Å². The number of hydrogen-bond acceptors (Lipinski definition) is 4. The molecule has 0 unspecified atom stereocenters. The zero-order chi connectivity index (χ0) is 24.1. The normalized spacial score (nSPS) is 10.7. The zero-order valence-electron chi connectivity index (χ0n) is 19.4. The molecule has 0 aliphatic heterocycles. The minimum Gasteiger partial charge on any atom is -0.497 e. The first-order valence-electron chi connectivity index (χ1n) is 10.9. The smallest absolute Gasteiger partial charge is 0.253 e. The first-order valence-corrected chi connectivity index (χ1v) is 11.3. The number of hydrogen-bond donors (Lipinski definition) is 2. The number of aromatic amines is 1. The maximum absolute atomic E-state index is 12.9. The van der Waals surface area contributed by atoms with Crippen molar-refractivity contribution in [2.24, 2.45) is 0 Å². The van der Waals surface area contributed by atoms with E-state index in [1.165, 1.54) is 0 Å². The van der Waals surface area contributed by atoms with E-state index in [0.29, 0.717) is 23.8 Å². The lowest BCUT2D eigenvalue weighted by Crippen LogP contribution is -2.35. The number of aromatic nitrogens is 1. The molecule has 0 amide bonds. The number of nitrogens with one attached hydrogen (secondary N) is 2. The van der Waals surface area contributed by atoms with Gasteiger partial charge in [0.2, 0.25) is 0 Å². The molecule has 174 valence electrons. The predicted molar refractivity (Wildman–Crippen MR) is 141 cm³/mol. The third-order valence-corrected chi connectivity index (χ3v) is 5.96. The van der Waals surface area contributed by atoms with E-state index in [1.54, 1.807) is 14.2 Å². The van der Waals surface area contributed by atoms with Gasteiger partial charge in [0.25, 0.3) is 5.56 Å². The topological polar surface area (TPSA) is 66.6 Å². The highest BCUT2D eigenvalue weighted by Gasteiger charge is 2.15. The van der Waals surface area contributed by atoms with Gasteiger partial charge in [-0.15, -0.1) is 0 Å². The van der Waals surface area contributed by atoms with Crippen LogP contribution < -0.4 is 20.3 Å². The number of pyridine rings is 1. The van der Waals surface area contributed by atoms with Gasteiger partial charge in [-0.3, -0.25) is 4.79 Å². The minimum absolute atomic E-state index is 0.120. The molecule has 1 heterocycles. The van der Waals surface area contributed by atoms with Crippen molar-refractivity contribution in [2.75, 3.05) is 19.5 Å². The standard InChI is InChI=1S/C27H27N3O3S/c1-18-4-7-20-15-21(26(31)29-25(20)14-18)17-30(16-19-5-10-23(32-2)11-6-19)27(34)28-22-8-12-24(33-3)13-9-22/h4-15H,16-17H2,1-3H3,(H,28,34)(H,29,31). The van der Waals surface area contributed by atoms with Crippen LogP contribution in [0.25, 0.3) is 10.9 Å². The fourth-order valence-corrected chi connectivity index (χ4v) is 3.96. The summed E-state index contributed by atoms with van der Waals surface area (Å²) in [7, 11) is 3.27. The molecule has 0 spiro atoms. The second-order valence-electron chi connectivity index (χ2n) is 8.08. The number of aryl methyl sites for hydroxylation is 1. The number of rotatable bonds is 7. The molecular weight excluding hydrogens is 446 g/mol. The van der Waals surface area contributed by atoms with Crippen molar-refractivity contribution in [1.82, 2.24) is 9.88 Å². The Morgan fingerprint density at radius 3 is 2.21 bits per heavy atom. The van der Waals surface area contributed by atoms with Gasteiger partial charge >= 0.3 is 0 Å². The Bertz CT molecular complexity index is 1350. The number of ether oxygens (including phenoxy) is 2. The fraction of sp³-hybridized carbons (Fsp3) is 0.185. The maximum Gasteiger partial charge on any atom is 0.253 e. The number of benzene rings is 3. The Labute approximate surface area is 204 Å². The summed E-state index contributed by atoms with van der Waals surface area (Å²) in [6.07, 6.45) is 0. The van der Waals surface area contributed by atoms with Crippen molar-refractivity contribution in [1.29, 1.82) is 0 Å². The molecule has 0 saturated carbocycles. The van der Waals surface area contributed by atoms with E-state index >= 15 is 0 Å². The lowest BCUT2D eigenvalue weighted by atomic mass is 10.1. The summed E-state index contributed by atoms with van der Waals surface area (Å²) in [6, 6.07) is 23.3. The quantitative estimate of drug-likeness (QED) is 0.357. The van der Waals surface area contributed by atoms with Crippen LogP contribution in [0.3, 0.4) is 0 Å². The van der Waals surface area contributed by atoms with Gasteiger partial charge in [-0.25, -0.2) is 0 Å². The van der Waals surface area contributed by atoms with Gasteiger partial charge in [0.05, 0.1) is 20.8 Å². The van der Waals surface area contributed by atoms with E-state index in [4.69, 9.17) is 21.7 Å².